The zero-order valence-corrected chi connectivity index (χ0v) is 10.6. The van der Waals surface area contributed by atoms with Crippen LogP contribution < -0.4 is 16.2 Å². The van der Waals surface area contributed by atoms with Crippen LogP contribution in [0.3, 0.4) is 0 Å². The third-order valence-corrected chi connectivity index (χ3v) is 1.92. The summed E-state index contributed by atoms with van der Waals surface area (Å²) in [5, 5.41) is 7.14. The van der Waals surface area contributed by atoms with Gasteiger partial charge in [0.25, 0.3) is 0 Å². The molecule has 0 unspecified atom stereocenters. The Morgan fingerprint density at radius 3 is 2.58 bits per heavy atom. The molecule has 19 heavy (non-hydrogen) atoms. The van der Waals surface area contributed by atoms with E-state index in [1.165, 1.54) is 6.21 Å². The SMILES string of the molecule is CCOC(=O)COc1ccc(C=NN=C(N)N)cc1. The third kappa shape index (κ3) is 6.06. The molecule has 1 aromatic carbocycles. The van der Waals surface area contributed by atoms with Crippen molar-refractivity contribution in [2.24, 2.45) is 21.7 Å². The molecule has 0 bridgehead atoms. The Morgan fingerprint density at radius 2 is 2.00 bits per heavy atom. The largest absolute Gasteiger partial charge is 0.482 e. The molecule has 0 spiro atoms. The van der Waals surface area contributed by atoms with Crippen molar-refractivity contribution < 1.29 is 14.3 Å². The number of esters is 1. The van der Waals surface area contributed by atoms with E-state index >= 15 is 0 Å². The Kier molecular flexibility index (Phi) is 5.87. The molecule has 1 rings (SSSR count). The summed E-state index contributed by atoms with van der Waals surface area (Å²) in [6, 6.07) is 6.92. The number of nitrogens with two attached hydrogens (primary N) is 2. The van der Waals surface area contributed by atoms with Crippen LogP contribution in [0.5, 0.6) is 5.75 Å². The van der Waals surface area contributed by atoms with Gasteiger partial charge in [-0.25, -0.2) is 4.79 Å². The second-order valence-electron chi connectivity index (χ2n) is 3.43. The van der Waals surface area contributed by atoms with Crippen LogP contribution in [-0.2, 0) is 9.53 Å². The first kappa shape index (κ1) is 14.5. The average molecular weight is 264 g/mol. The molecule has 0 saturated carbocycles. The Morgan fingerprint density at radius 1 is 1.32 bits per heavy atom. The molecule has 0 fully saturated rings. The molecular weight excluding hydrogens is 248 g/mol. The molecule has 0 atom stereocenters. The third-order valence-electron chi connectivity index (χ3n) is 1.92. The molecule has 0 aromatic heterocycles. The Labute approximate surface area is 110 Å². The summed E-state index contributed by atoms with van der Waals surface area (Å²) in [4.78, 5) is 11.1. The van der Waals surface area contributed by atoms with Crippen molar-refractivity contribution in [3.8, 4) is 5.75 Å². The predicted molar refractivity (Wildman–Crippen MR) is 72.0 cm³/mol. The molecule has 0 amide bonds. The highest BCUT2D eigenvalue weighted by atomic mass is 16.6. The summed E-state index contributed by atoms with van der Waals surface area (Å²) in [5.74, 6) is 0.0542. The molecule has 0 radical (unpaired) electrons. The van der Waals surface area contributed by atoms with Crippen LogP contribution in [0.1, 0.15) is 12.5 Å². The van der Waals surface area contributed by atoms with Gasteiger partial charge in [-0.3, -0.25) is 0 Å². The van der Waals surface area contributed by atoms with E-state index in [1.54, 1.807) is 31.2 Å². The zero-order valence-electron chi connectivity index (χ0n) is 10.6. The second-order valence-corrected chi connectivity index (χ2v) is 3.43. The van der Waals surface area contributed by atoms with Crippen LogP contribution in [0, 0.1) is 0 Å². The lowest BCUT2D eigenvalue weighted by Gasteiger charge is -2.05. The van der Waals surface area contributed by atoms with Gasteiger partial charge in [0.15, 0.2) is 6.61 Å². The summed E-state index contributed by atoms with van der Waals surface area (Å²) >= 11 is 0. The van der Waals surface area contributed by atoms with Crippen LogP contribution in [0.15, 0.2) is 34.5 Å². The fraction of sp³-hybridized carbons (Fsp3) is 0.250. The molecule has 1 aromatic rings. The van der Waals surface area contributed by atoms with Crippen LogP contribution in [0.25, 0.3) is 0 Å². The Bertz CT molecular complexity index is 464. The molecular formula is C12H16N4O3. The van der Waals surface area contributed by atoms with Gasteiger partial charge in [0.1, 0.15) is 5.75 Å². The van der Waals surface area contributed by atoms with Gasteiger partial charge in [0.2, 0.25) is 5.96 Å². The first-order valence-corrected chi connectivity index (χ1v) is 5.62. The van der Waals surface area contributed by atoms with Crippen molar-refractivity contribution in [3.05, 3.63) is 29.8 Å². The minimum atomic E-state index is -0.402. The van der Waals surface area contributed by atoms with Gasteiger partial charge in [-0.15, -0.1) is 5.10 Å². The van der Waals surface area contributed by atoms with Crippen molar-refractivity contribution >= 4 is 18.1 Å². The Balaban J connectivity index is 2.50. The van der Waals surface area contributed by atoms with Crippen molar-refractivity contribution in [3.63, 3.8) is 0 Å². The van der Waals surface area contributed by atoms with E-state index < -0.39 is 5.97 Å². The highest BCUT2D eigenvalue weighted by Gasteiger charge is 2.02. The molecule has 7 heteroatoms. The standard InChI is InChI=1S/C12H16N4O3/c1-2-18-11(17)8-19-10-5-3-9(4-6-10)7-15-16-12(13)14/h3-7H,2,8H2,1H3,(H4,13,14,16). The fourth-order valence-corrected chi connectivity index (χ4v) is 1.16. The molecule has 102 valence electrons. The van der Waals surface area contributed by atoms with E-state index in [0.717, 1.165) is 5.56 Å². The smallest absolute Gasteiger partial charge is 0.344 e. The fourth-order valence-electron chi connectivity index (χ4n) is 1.16. The number of benzene rings is 1. The second kappa shape index (κ2) is 7.70. The van der Waals surface area contributed by atoms with Gasteiger partial charge in [0.05, 0.1) is 12.8 Å². The van der Waals surface area contributed by atoms with Crippen molar-refractivity contribution in [1.82, 2.24) is 0 Å². The number of hydrogen-bond donors (Lipinski definition) is 2. The van der Waals surface area contributed by atoms with Gasteiger partial charge in [-0.2, -0.15) is 5.10 Å². The number of nitrogens with zero attached hydrogens (tertiary/aromatic N) is 2. The van der Waals surface area contributed by atoms with Gasteiger partial charge >= 0.3 is 5.97 Å². The molecule has 7 nitrogen and oxygen atoms in total. The first-order valence-electron chi connectivity index (χ1n) is 5.62. The van der Waals surface area contributed by atoms with Crippen LogP contribution in [0.2, 0.25) is 0 Å². The van der Waals surface area contributed by atoms with Gasteiger partial charge in [0, 0.05) is 0 Å². The van der Waals surface area contributed by atoms with Crippen molar-refractivity contribution in [2.45, 2.75) is 6.92 Å². The average Bonchev–Trinajstić information content (AvgIpc) is 2.38. The normalized spacial score (nSPS) is 10.2. The molecule has 0 aliphatic heterocycles. The van der Waals surface area contributed by atoms with Gasteiger partial charge < -0.3 is 20.9 Å². The molecule has 0 saturated heterocycles. The minimum Gasteiger partial charge on any atom is -0.482 e. The maximum atomic E-state index is 11.1. The lowest BCUT2D eigenvalue weighted by molar-refractivity contribution is -0.145. The molecule has 0 aliphatic rings. The lowest BCUT2D eigenvalue weighted by atomic mass is 10.2. The lowest BCUT2D eigenvalue weighted by Crippen LogP contribution is -2.21. The van der Waals surface area contributed by atoms with E-state index in [9.17, 15) is 4.79 Å². The highest BCUT2D eigenvalue weighted by molar-refractivity contribution is 5.81. The number of hydrogen-bond acceptors (Lipinski definition) is 5. The first-order chi connectivity index (χ1) is 9.11. The topological polar surface area (TPSA) is 112 Å². The van der Waals surface area contributed by atoms with E-state index in [-0.39, 0.29) is 12.6 Å². The summed E-state index contributed by atoms with van der Waals surface area (Å²) in [6.45, 7) is 1.96. The minimum absolute atomic E-state index is 0.106. The van der Waals surface area contributed by atoms with Crippen molar-refractivity contribution in [2.75, 3.05) is 13.2 Å². The summed E-state index contributed by atoms with van der Waals surface area (Å²) in [6.07, 6.45) is 1.49. The maximum absolute atomic E-state index is 11.1. The zero-order chi connectivity index (χ0) is 14.1. The molecule has 0 aliphatic carbocycles. The maximum Gasteiger partial charge on any atom is 0.344 e. The van der Waals surface area contributed by atoms with Crippen LogP contribution in [0.4, 0.5) is 0 Å². The Hall–Kier alpha value is -2.57. The number of ether oxygens (including phenoxy) is 2. The summed E-state index contributed by atoms with van der Waals surface area (Å²) in [5.41, 5.74) is 11.0. The van der Waals surface area contributed by atoms with E-state index in [1.807, 2.05) is 0 Å². The molecule has 0 heterocycles. The van der Waals surface area contributed by atoms with Gasteiger partial charge in [-0.1, -0.05) is 0 Å². The number of rotatable bonds is 6. The van der Waals surface area contributed by atoms with E-state index in [4.69, 9.17) is 20.9 Å². The number of carbonyl (C=O) groups is 1. The quantitative estimate of drug-likeness (QED) is 0.330. The van der Waals surface area contributed by atoms with E-state index in [2.05, 4.69) is 10.2 Å². The predicted octanol–water partition coefficient (Wildman–Crippen LogP) is 0.236. The van der Waals surface area contributed by atoms with Crippen molar-refractivity contribution in [1.29, 1.82) is 0 Å². The van der Waals surface area contributed by atoms with Gasteiger partial charge in [-0.05, 0) is 36.8 Å². The molecule has 4 N–H and O–H groups in total. The monoisotopic (exact) mass is 264 g/mol. The number of carbonyl (C=O) groups excluding carboxylic acids is 1. The highest BCUT2D eigenvalue weighted by Crippen LogP contribution is 2.11. The van der Waals surface area contributed by atoms with E-state index in [0.29, 0.717) is 12.4 Å². The summed E-state index contributed by atoms with van der Waals surface area (Å²) < 4.78 is 9.97. The van der Waals surface area contributed by atoms with Crippen LogP contribution in [-0.4, -0.2) is 31.4 Å². The van der Waals surface area contributed by atoms with Crippen LogP contribution >= 0.6 is 0 Å². The summed E-state index contributed by atoms with van der Waals surface area (Å²) in [7, 11) is 0. The number of guanidine groups is 1.